The van der Waals surface area contributed by atoms with Crippen molar-refractivity contribution < 1.29 is 19.4 Å². The van der Waals surface area contributed by atoms with E-state index in [0.717, 1.165) is 10.9 Å². The van der Waals surface area contributed by atoms with Crippen LogP contribution >= 0.6 is 15.9 Å². The van der Waals surface area contributed by atoms with Gasteiger partial charge in [-0.3, -0.25) is 4.79 Å². The number of methoxy groups -OCH3 is 1. The van der Waals surface area contributed by atoms with Gasteiger partial charge in [0.2, 0.25) is 0 Å². The van der Waals surface area contributed by atoms with Gasteiger partial charge >= 0.3 is 5.97 Å². The van der Waals surface area contributed by atoms with Gasteiger partial charge in [0.1, 0.15) is 0 Å². The minimum absolute atomic E-state index is 0.468. The smallest absolute Gasteiger partial charge is 0.314 e. The van der Waals surface area contributed by atoms with Crippen LogP contribution in [0.4, 0.5) is 0 Å². The lowest BCUT2D eigenvalue weighted by Gasteiger charge is -2.39. The van der Waals surface area contributed by atoms with Gasteiger partial charge in [0.25, 0.3) is 0 Å². The van der Waals surface area contributed by atoms with Crippen molar-refractivity contribution in [2.75, 3.05) is 13.7 Å². The maximum absolute atomic E-state index is 11.7. The van der Waals surface area contributed by atoms with Crippen LogP contribution in [0.15, 0.2) is 16.6 Å². The van der Waals surface area contributed by atoms with Crippen LogP contribution < -0.4 is 9.47 Å². The third-order valence-corrected chi connectivity index (χ3v) is 4.34. The summed E-state index contributed by atoms with van der Waals surface area (Å²) >= 11 is 3.46. The van der Waals surface area contributed by atoms with E-state index in [0.29, 0.717) is 36.5 Å². The van der Waals surface area contributed by atoms with Crippen molar-refractivity contribution in [3.05, 3.63) is 22.2 Å². The van der Waals surface area contributed by atoms with Crippen molar-refractivity contribution in [1.82, 2.24) is 0 Å². The highest BCUT2D eigenvalue weighted by molar-refractivity contribution is 9.10. The molecule has 0 unspecified atom stereocenters. The Morgan fingerprint density at radius 2 is 2.16 bits per heavy atom. The second-order valence-electron chi connectivity index (χ2n) is 4.63. The van der Waals surface area contributed by atoms with E-state index in [4.69, 9.17) is 9.47 Å². The molecule has 0 bridgehead atoms. The zero-order valence-corrected chi connectivity index (χ0v) is 12.6. The quantitative estimate of drug-likeness (QED) is 0.900. The molecule has 0 atom stereocenters. The molecule has 2 rings (SSSR count). The van der Waals surface area contributed by atoms with Gasteiger partial charge in [-0.1, -0.05) is 22.4 Å². The largest absolute Gasteiger partial charge is 0.493 e. The lowest BCUT2D eigenvalue weighted by Crippen LogP contribution is -2.43. The highest BCUT2D eigenvalue weighted by atomic mass is 79.9. The van der Waals surface area contributed by atoms with E-state index in [1.807, 2.05) is 13.0 Å². The predicted molar refractivity (Wildman–Crippen MR) is 75.0 cm³/mol. The van der Waals surface area contributed by atoms with Crippen LogP contribution in [0.2, 0.25) is 0 Å². The maximum Gasteiger partial charge on any atom is 0.314 e. The number of carboxylic acids is 1. The number of rotatable bonds is 5. The summed E-state index contributed by atoms with van der Waals surface area (Å²) in [7, 11) is 1.56. The minimum atomic E-state index is -0.849. The van der Waals surface area contributed by atoms with Gasteiger partial charge in [-0.05, 0) is 31.9 Å². The molecule has 1 aliphatic rings. The van der Waals surface area contributed by atoms with Crippen molar-refractivity contribution in [2.45, 2.75) is 31.6 Å². The van der Waals surface area contributed by atoms with E-state index in [9.17, 15) is 9.90 Å². The van der Waals surface area contributed by atoms with Crippen molar-refractivity contribution in [3.63, 3.8) is 0 Å². The first-order chi connectivity index (χ1) is 9.06. The fraction of sp³-hybridized carbons (Fsp3) is 0.500. The molecule has 1 saturated carbocycles. The molecule has 0 heterocycles. The van der Waals surface area contributed by atoms with E-state index in [2.05, 4.69) is 15.9 Å². The molecule has 4 nitrogen and oxygen atoms in total. The van der Waals surface area contributed by atoms with Gasteiger partial charge in [0.15, 0.2) is 11.5 Å². The lowest BCUT2D eigenvalue weighted by atomic mass is 9.64. The molecule has 1 fully saturated rings. The second-order valence-corrected chi connectivity index (χ2v) is 5.48. The number of carboxylic acid groups (broad SMARTS) is 1. The number of ether oxygens (including phenoxy) is 2. The summed E-state index contributed by atoms with van der Waals surface area (Å²) in [6, 6.07) is 3.60. The Labute approximate surface area is 120 Å². The lowest BCUT2D eigenvalue weighted by molar-refractivity contribution is -0.147. The summed E-state index contributed by atoms with van der Waals surface area (Å²) in [4.78, 5) is 11.7. The summed E-state index contributed by atoms with van der Waals surface area (Å²) in [6.07, 6.45) is 2.18. The van der Waals surface area contributed by atoms with E-state index in [1.165, 1.54) is 0 Å². The van der Waals surface area contributed by atoms with Crippen molar-refractivity contribution in [3.8, 4) is 11.5 Å². The van der Waals surface area contributed by atoms with E-state index in [1.54, 1.807) is 13.2 Å². The highest BCUT2D eigenvalue weighted by Gasteiger charge is 2.49. The number of carbonyl (C=O) groups is 1. The molecule has 0 radical (unpaired) electrons. The maximum atomic E-state index is 11.7. The Hall–Kier alpha value is -1.23. The van der Waals surface area contributed by atoms with Crippen LogP contribution in [0.1, 0.15) is 31.7 Å². The summed E-state index contributed by atoms with van der Waals surface area (Å²) in [5.41, 5.74) is -0.148. The number of benzene rings is 1. The van der Waals surface area contributed by atoms with Gasteiger partial charge in [0, 0.05) is 10.0 Å². The highest BCUT2D eigenvalue weighted by Crippen LogP contribution is 2.52. The topological polar surface area (TPSA) is 55.8 Å². The summed E-state index contributed by atoms with van der Waals surface area (Å²) < 4.78 is 11.7. The van der Waals surface area contributed by atoms with Crippen LogP contribution in [0.3, 0.4) is 0 Å². The van der Waals surface area contributed by atoms with Crippen LogP contribution in [-0.4, -0.2) is 24.8 Å². The normalized spacial score (nSPS) is 16.6. The SMILES string of the molecule is CCOc1c(OC)ccc(Br)c1C1(C(=O)O)CCC1. The number of halogens is 1. The monoisotopic (exact) mass is 328 g/mol. The molecule has 0 aromatic heterocycles. The molecule has 19 heavy (non-hydrogen) atoms. The Kier molecular flexibility index (Phi) is 4.04. The van der Waals surface area contributed by atoms with Crippen LogP contribution in [0, 0.1) is 0 Å². The summed E-state index contributed by atoms with van der Waals surface area (Å²) in [6.45, 7) is 2.34. The fourth-order valence-electron chi connectivity index (χ4n) is 2.53. The average Bonchev–Trinajstić information content (AvgIpc) is 2.31. The van der Waals surface area contributed by atoms with Crippen molar-refractivity contribution in [1.29, 1.82) is 0 Å². The zero-order valence-electron chi connectivity index (χ0n) is 11.0. The molecule has 0 aliphatic heterocycles. The Bertz CT molecular complexity index is 494. The van der Waals surface area contributed by atoms with E-state index < -0.39 is 11.4 Å². The van der Waals surface area contributed by atoms with Gasteiger partial charge in [-0.2, -0.15) is 0 Å². The molecule has 1 aromatic carbocycles. The van der Waals surface area contributed by atoms with Crippen LogP contribution in [-0.2, 0) is 10.2 Å². The van der Waals surface area contributed by atoms with Crippen molar-refractivity contribution in [2.24, 2.45) is 0 Å². The van der Waals surface area contributed by atoms with E-state index >= 15 is 0 Å². The standard InChI is InChI=1S/C14H17BrO4/c1-3-19-12-10(18-2)6-5-9(15)11(12)14(13(16)17)7-4-8-14/h5-6H,3-4,7-8H2,1-2H3,(H,16,17). The van der Waals surface area contributed by atoms with Gasteiger partial charge in [-0.25, -0.2) is 0 Å². The number of hydrogen-bond acceptors (Lipinski definition) is 3. The average molecular weight is 329 g/mol. The molecule has 104 valence electrons. The Morgan fingerprint density at radius 3 is 2.58 bits per heavy atom. The van der Waals surface area contributed by atoms with Gasteiger partial charge in [-0.15, -0.1) is 0 Å². The molecule has 1 N–H and O–H groups in total. The van der Waals surface area contributed by atoms with Gasteiger partial charge < -0.3 is 14.6 Å². The Balaban J connectivity index is 2.63. The molecule has 0 saturated heterocycles. The first-order valence-corrected chi connectivity index (χ1v) is 7.09. The molecule has 5 heteroatoms. The Morgan fingerprint density at radius 1 is 1.47 bits per heavy atom. The molecule has 1 aliphatic carbocycles. The predicted octanol–water partition coefficient (Wildman–Crippen LogP) is 3.36. The van der Waals surface area contributed by atoms with Gasteiger partial charge in [0.05, 0.1) is 19.1 Å². The first kappa shape index (κ1) is 14.2. The van der Waals surface area contributed by atoms with E-state index in [-0.39, 0.29) is 0 Å². The number of hydrogen-bond donors (Lipinski definition) is 1. The fourth-order valence-corrected chi connectivity index (χ4v) is 3.23. The van der Waals surface area contributed by atoms with Crippen molar-refractivity contribution >= 4 is 21.9 Å². The van der Waals surface area contributed by atoms with Crippen LogP contribution in [0.5, 0.6) is 11.5 Å². The molecular weight excluding hydrogens is 312 g/mol. The number of aliphatic carboxylic acids is 1. The minimum Gasteiger partial charge on any atom is -0.493 e. The second kappa shape index (κ2) is 5.41. The van der Waals surface area contributed by atoms with Crippen LogP contribution in [0.25, 0.3) is 0 Å². The molecule has 0 amide bonds. The third-order valence-electron chi connectivity index (χ3n) is 3.67. The zero-order chi connectivity index (χ0) is 14.0. The summed E-state index contributed by atoms with van der Waals surface area (Å²) in [5, 5.41) is 9.60. The molecule has 0 spiro atoms. The third kappa shape index (κ3) is 2.20. The first-order valence-electron chi connectivity index (χ1n) is 6.30. The molecule has 1 aromatic rings. The molecular formula is C14H17BrO4. The summed E-state index contributed by atoms with van der Waals surface area (Å²) in [5.74, 6) is 0.322.